The minimum atomic E-state index is -1.21. The molecule has 4 N–H and O–H groups in total. The number of nitrogens with two attached hydrogens (primary N) is 1. The molecule has 1 saturated carbocycles. The third kappa shape index (κ3) is 3.79. The van der Waals surface area contributed by atoms with Gasteiger partial charge in [-0.2, -0.15) is 0 Å². The maximum atomic E-state index is 14.0. The van der Waals surface area contributed by atoms with Crippen molar-refractivity contribution < 1.29 is 23.9 Å². The monoisotopic (exact) mass is 490 g/mol. The molecule has 1 aliphatic carbocycles. The van der Waals surface area contributed by atoms with Crippen LogP contribution in [0.5, 0.6) is 0 Å². The Labute approximate surface area is 209 Å². The molecule has 4 amide bonds. The third-order valence-corrected chi connectivity index (χ3v) is 7.81. The fourth-order valence-electron chi connectivity index (χ4n) is 5.84. The fraction of sp³-hybridized carbons (Fsp3) is 0.407. The van der Waals surface area contributed by atoms with Gasteiger partial charge in [-0.1, -0.05) is 62.4 Å². The van der Waals surface area contributed by atoms with E-state index in [1.165, 1.54) is 4.90 Å². The topological polar surface area (TPSA) is 131 Å². The Hall–Kier alpha value is -3.88. The number of nitrogens with one attached hydrogen (secondary N) is 2. The van der Waals surface area contributed by atoms with Crippen molar-refractivity contribution in [2.24, 2.45) is 17.6 Å². The average molecular weight is 491 g/mol. The molecule has 2 aromatic rings. The smallest absolute Gasteiger partial charge is 0.408 e. The lowest BCUT2D eigenvalue weighted by atomic mass is 9.79. The molecule has 9 heteroatoms. The molecule has 9 nitrogen and oxygen atoms in total. The van der Waals surface area contributed by atoms with Crippen molar-refractivity contribution in [2.75, 3.05) is 11.9 Å². The summed E-state index contributed by atoms with van der Waals surface area (Å²) in [4.78, 5) is 53.9. The van der Waals surface area contributed by atoms with Crippen LogP contribution in [0.15, 0.2) is 54.6 Å². The molecule has 1 saturated heterocycles. The number of para-hydroxylation sites is 1. The second kappa shape index (κ2) is 8.65. The summed E-state index contributed by atoms with van der Waals surface area (Å²) in [7, 11) is 0. The van der Waals surface area contributed by atoms with Crippen LogP contribution in [0, 0.1) is 11.8 Å². The van der Waals surface area contributed by atoms with Gasteiger partial charge in [-0.05, 0) is 41.9 Å². The number of amides is 4. The summed E-state index contributed by atoms with van der Waals surface area (Å²) >= 11 is 0. The molecule has 1 spiro atoms. The maximum Gasteiger partial charge on any atom is 0.408 e. The van der Waals surface area contributed by atoms with Crippen LogP contribution in [0.1, 0.15) is 37.8 Å². The van der Waals surface area contributed by atoms with Gasteiger partial charge < -0.3 is 26.0 Å². The van der Waals surface area contributed by atoms with Crippen molar-refractivity contribution in [3.05, 3.63) is 65.7 Å². The highest BCUT2D eigenvalue weighted by atomic mass is 16.5. The van der Waals surface area contributed by atoms with Crippen LogP contribution in [0.25, 0.3) is 0 Å². The Bertz CT molecular complexity index is 1230. The molecule has 2 heterocycles. The fourth-order valence-corrected chi connectivity index (χ4v) is 5.84. The van der Waals surface area contributed by atoms with E-state index in [1.54, 1.807) is 6.07 Å². The first kappa shape index (κ1) is 23.8. The van der Waals surface area contributed by atoms with Crippen molar-refractivity contribution in [3.63, 3.8) is 0 Å². The molecule has 0 aromatic heterocycles. The third-order valence-electron chi connectivity index (χ3n) is 7.81. The molecule has 0 bridgehead atoms. The van der Waals surface area contributed by atoms with E-state index in [0.717, 1.165) is 11.1 Å². The van der Waals surface area contributed by atoms with Gasteiger partial charge in [0.1, 0.15) is 18.2 Å². The van der Waals surface area contributed by atoms with E-state index in [4.69, 9.17) is 10.5 Å². The number of anilines is 1. The average Bonchev–Trinajstić information content (AvgIpc) is 3.34. The summed E-state index contributed by atoms with van der Waals surface area (Å²) in [5.41, 5.74) is 5.70. The van der Waals surface area contributed by atoms with E-state index in [9.17, 15) is 19.2 Å². The van der Waals surface area contributed by atoms with Crippen LogP contribution in [0.2, 0.25) is 0 Å². The van der Waals surface area contributed by atoms with Gasteiger partial charge in [0.05, 0.1) is 5.41 Å². The number of fused-ring (bicyclic) bond motifs is 2. The number of primary amides is 1. The van der Waals surface area contributed by atoms with E-state index < -0.39 is 34.9 Å². The second-order valence-electron chi connectivity index (χ2n) is 10.3. The van der Waals surface area contributed by atoms with Gasteiger partial charge in [-0.25, -0.2) is 4.79 Å². The first-order valence-electron chi connectivity index (χ1n) is 12.2. The van der Waals surface area contributed by atoms with Gasteiger partial charge in [-0.15, -0.1) is 0 Å². The number of likely N-dealkylation sites (tertiary alicyclic amines) is 1. The number of ether oxygens (including phenoxy) is 1. The molecule has 188 valence electrons. The molecule has 1 unspecified atom stereocenters. The summed E-state index contributed by atoms with van der Waals surface area (Å²) in [6, 6.07) is 15.6. The molecule has 2 fully saturated rings. The number of hydrogen-bond acceptors (Lipinski definition) is 5. The van der Waals surface area contributed by atoms with Gasteiger partial charge >= 0.3 is 6.09 Å². The largest absolute Gasteiger partial charge is 0.445 e. The summed E-state index contributed by atoms with van der Waals surface area (Å²) in [6.45, 7) is 4.04. The van der Waals surface area contributed by atoms with Crippen LogP contribution in [-0.4, -0.2) is 46.8 Å². The van der Waals surface area contributed by atoms with Crippen molar-refractivity contribution in [2.45, 2.75) is 50.3 Å². The van der Waals surface area contributed by atoms with Crippen LogP contribution in [-0.2, 0) is 31.1 Å². The highest BCUT2D eigenvalue weighted by molar-refractivity contribution is 6.08. The number of alkyl carbamates (subject to hydrolysis) is 1. The predicted octanol–water partition coefficient (Wildman–Crippen LogP) is 2.30. The van der Waals surface area contributed by atoms with Crippen molar-refractivity contribution >= 4 is 29.5 Å². The lowest BCUT2D eigenvalue weighted by Crippen LogP contribution is -2.56. The van der Waals surface area contributed by atoms with E-state index in [-0.39, 0.29) is 37.3 Å². The van der Waals surface area contributed by atoms with Crippen LogP contribution >= 0.6 is 0 Å². The molecule has 2 aliphatic heterocycles. The van der Waals surface area contributed by atoms with E-state index >= 15 is 0 Å². The normalized spacial score (nSPS) is 28.1. The minimum absolute atomic E-state index is 0.00952. The lowest BCUT2D eigenvalue weighted by Gasteiger charge is -2.29. The second-order valence-corrected chi connectivity index (χ2v) is 10.3. The molecule has 36 heavy (non-hydrogen) atoms. The van der Waals surface area contributed by atoms with Gasteiger partial charge in [0.15, 0.2) is 0 Å². The Balaban J connectivity index is 1.40. The molecule has 3 aliphatic rings. The quantitative estimate of drug-likeness (QED) is 0.572. The zero-order chi connectivity index (χ0) is 25.7. The highest BCUT2D eigenvalue weighted by Gasteiger charge is 2.67. The number of rotatable bonds is 6. The van der Waals surface area contributed by atoms with Crippen LogP contribution in [0.3, 0.4) is 0 Å². The minimum Gasteiger partial charge on any atom is -0.445 e. The molecule has 0 radical (unpaired) electrons. The Morgan fingerprint density at radius 2 is 1.81 bits per heavy atom. The highest BCUT2D eigenvalue weighted by Crippen LogP contribution is 2.53. The van der Waals surface area contributed by atoms with Gasteiger partial charge in [0, 0.05) is 12.2 Å². The summed E-state index contributed by atoms with van der Waals surface area (Å²) < 4.78 is 5.40. The van der Waals surface area contributed by atoms with E-state index in [0.29, 0.717) is 12.1 Å². The van der Waals surface area contributed by atoms with Gasteiger partial charge in [-0.3, -0.25) is 14.4 Å². The molecular weight excluding hydrogens is 460 g/mol. The zero-order valence-corrected chi connectivity index (χ0v) is 20.3. The molecule has 5 rings (SSSR count). The predicted molar refractivity (Wildman–Crippen MR) is 132 cm³/mol. The van der Waals surface area contributed by atoms with Crippen LogP contribution < -0.4 is 16.4 Å². The molecule has 4 atom stereocenters. The first-order valence-corrected chi connectivity index (χ1v) is 12.2. The SMILES string of the molecule is CC(C)C1C[C@@]1(NC(=O)OCc1ccccc1)C(=O)N1C[C@]2(C[C@H]1C(N)=O)C(=O)Nc1ccccc12. The molecule has 2 aromatic carbocycles. The number of hydrogen-bond donors (Lipinski definition) is 3. The van der Waals surface area contributed by atoms with Gasteiger partial charge in [0.25, 0.3) is 0 Å². The lowest BCUT2D eigenvalue weighted by molar-refractivity contribution is -0.140. The van der Waals surface area contributed by atoms with Crippen LogP contribution in [0.4, 0.5) is 10.5 Å². The number of benzene rings is 2. The van der Waals surface area contributed by atoms with Gasteiger partial charge in [0.2, 0.25) is 17.7 Å². The summed E-state index contributed by atoms with van der Waals surface area (Å²) in [5.74, 6) is -1.38. The maximum absolute atomic E-state index is 14.0. The Kier molecular flexibility index (Phi) is 5.73. The Morgan fingerprint density at radius 3 is 2.47 bits per heavy atom. The summed E-state index contributed by atoms with van der Waals surface area (Å²) in [5, 5.41) is 5.69. The first-order chi connectivity index (χ1) is 17.2. The van der Waals surface area contributed by atoms with E-state index in [2.05, 4.69) is 10.6 Å². The standard InChI is InChI=1S/C27H30N4O5/c1-16(2)19-12-27(19,30-25(35)36-14-17-8-4-3-5-9-17)24(34)31-15-26(13-21(31)22(28)32)18-10-6-7-11-20(18)29-23(26)33/h3-11,16,19,21H,12-15H2,1-2H3,(H2,28,32)(H,29,33)(H,30,35)/t19?,21-,26-,27-/m0/s1. The van der Waals surface area contributed by atoms with E-state index in [1.807, 2.05) is 62.4 Å². The number of carbonyl (C=O) groups excluding carboxylic acids is 4. The van der Waals surface area contributed by atoms with Crippen molar-refractivity contribution in [1.29, 1.82) is 0 Å². The number of carbonyl (C=O) groups is 4. The zero-order valence-electron chi connectivity index (χ0n) is 20.3. The number of nitrogens with zero attached hydrogens (tertiary/aromatic N) is 1. The summed E-state index contributed by atoms with van der Waals surface area (Å²) in [6.07, 6.45) is -0.191. The van der Waals surface area contributed by atoms with Crippen molar-refractivity contribution in [3.8, 4) is 0 Å². The Morgan fingerprint density at radius 1 is 1.11 bits per heavy atom. The molecular formula is C27H30N4O5. The van der Waals surface area contributed by atoms with Crippen molar-refractivity contribution in [1.82, 2.24) is 10.2 Å².